The molecule has 0 aliphatic carbocycles. The molecule has 0 unspecified atom stereocenters. The van der Waals surface area contributed by atoms with Crippen LogP contribution in [0.1, 0.15) is 5.76 Å². The van der Waals surface area contributed by atoms with Crippen molar-refractivity contribution in [2.75, 3.05) is 11.1 Å². The summed E-state index contributed by atoms with van der Waals surface area (Å²) in [7, 11) is 0. The van der Waals surface area contributed by atoms with E-state index in [1.807, 2.05) is 43.3 Å². The number of nitrogens with one attached hydrogen (secondary N) is 1. The van der Waals surface area contributed by atoms with Crippen LogP contribution >= 0.6 is 0 Å². The third kappa shape index (κ3) is 1.71. The van der Waals surface area contributed by atoms with Crippen LogP contribution in [0.3, 0.4) is 0 Å². The van der Waals surface area contributed by atoms with Gasteiger partial charge in [0.25, 0.3) is 0 Å². The Balaban J connectivity index is 2.23. The summed E-state index contributed by atoms with van der Waals surface area (Å²) in [6.07, 6.45) is 0. The van der Waals surface area contributed by atoms with Crippen molar-refractivity contribution < 1.29 is 4.42 Å². The van der Waals surface area contributed by atoms with E-state index >= 15 is 0 Å². The molecule has 14 heavy (non-hydrogen) atoms. The molecule has 3 N–H and O–H groups in total. The summed E-state index contributed by atoms with van der Waals surface area (Å²) in [5.74, 6) is 1.59. The fourth-order valence-electron chi connectivity index (χ4n) is 1.25. The van der Waals surface area contributed by atoms with Gasteiger partial charge in [0, 0.05) is 6.07 Å². The van der Waals surface area contributed by atoms with E-state index in [0.717, 1.165) is 11.4 Å². The molecular weight excluding hydrogens is 176 g/mol. The van der Waals surface area contributed by atoms with Gasteiger partial charge < -0.3 is 15.5 Å². The van der Waals surface area contributed by atoms with E-state index in [2.05, 4.69) is 5.32 Å². The summed E-state index contributed by atoms with van der Waals surface area (Å²) in [5.41, 5.74) is 7.34. The minimum atomic E-state index is 0.709. The number of nitrogen functional groups attached to an aromatic ring is 1. The standard InChI is InChI=1S/C11H12N2O/c1-8-6-7-11(14-8)13-10-5-3-2-4-9(10)12/h2-7,13H,12H2,1H3. The lowest BCUT2D eigenvalue weighted by molar-refractivity contribution is 0.551. The summed E-state index contributed by atoms with van der Waals surface area (Å²) in [6, 6.07) is 11.4. The maximum Gasteiger partial charge on any atom is 0.197 e. The molecule has 2 aromatic rings. The largest absolute Gasteiger partial charge is 0.446 e. The Kier molecular flexibility index (Phi) is 2.14. The molecule has 0 atom stereocenters. The molecule has 0 aliphatic heterocycles. The molecule has 0 saturated carbocycles. The van der Waals surface area contributed by atoms with Gasteiger partial charge in [0.15, 0.2) is 5.88 Å². The second kappa shape index (κ2) is 3.46. The van der Waals surface area contributed by atoms with Crippen molar-refractivity contribution in [1.29, 1.82) is 0 Å². The lowest BCUT2D eigenvalue weighted by Crippen LogP contribution is -1.94. The molecule has 3 heteroatoms. The lowest BCUT2D eigenvalue weighted by atomic mass is 10.3. The quantitative estimate of drug-likeness (QED) is 0.712. The van der Waals surface area contributed by atoms with Crippen LogP contribution in [0, 0.1) is 6.92 Å². The first-order valence-corrected chi connectivity index (χ1v) is 4.43. The van der Waals surface area contributed by atoms with Crippen molar-refractivity contribution in [3.05, 3.63) is 42.2 Å². The normalized spacial score (nSPS) is 10.1. The third-order valence-electron chi connectivity index (χ3n) is 1.96. The zero-order chi connectivity index (χ0) is 9.97. The minimum absolute atomic E-state index is 0.709. The minimum Gasteiger partial charge on any atom is -0.446 e. The fraction of sp³-hybridized carbons (Fsp3) is 0.0909. The SMILES string of the molecule is Cc1ccc(Nc2ccccc2N)o1. The van der Waals surface area contributed by atoms with Gasteiger partial charge in [-0.05, 0) is 25.1 Å². The van der Waals surface area contributed by atoms with Crippen molar-refractivity contribution in [1.82, 2.24) is 0 Å². The molecule has 3 nitrogen and oxygen atoms in total. The van der Waals surface area contributed by atoms with Crippen molar-refractivity contribution in [3.8, 4) is 0 Å². The summed E-state index contributed by atoms with van der Waals surface area (Å²) >= 11 is 0. The van der Waals surface area contributed by atoms with E-state index in [1.54, 1.807) is 0 Å². The maximum absolute atomic E-state index is 5.77. The summed E-state index contributed by atoms with van der Waals surface area (Å²) in [6.45, 7) is 1.90. The maximum atomic E-state index is 5.77. The van der Waals surface area contributed by atoms with Crippen LogP contribution in [-0.4, -0.2) is 0 Å². The number of furan rings is 1. The number of hydrogen-bond donors (Lipinski definition) is 2. The Morgan fingerprint density at radius 1 is 1.14 bits per heavy atom. The molecule has 0 amide bonds. The predicted octanol–water partition coefficient (Wildman–Crippen LogP) is 2.91. The van der Waals surface area contributed by atoms with E-state index in [4.69, 9.17) is 10.2 Å². The van der Waals surface area contributed by atoms with Gasteiger partial charge in [-0.15, -0.1) is 0 Å². The summed E-state index contributed by atoms with van der Waals surface area (Å²) in [5, 5.41) is 3.10. The molecular formula is C11H12N2O. The van der Waals surface area contributed by atoms with Crippen LogP contribution in [0.15, 0.2) is 40.8 Å². The van der Waals surface area contributed by atoms with Crippen LogP contribution in [0.25, 0.3) is 0 Å². The number of rotatable bonds is 2. The molecule has 72 valence electrons. The highest BCUT2D eigenvalue weighted by Gasteiger charge is 2.00. The molecule has 0 bridgehead atoms. The Hall–Kier alpha value is -1.90. The molecule has 0 aliphatic rings. The topological polar surface area (TPSA) is 51.2 Å². The average Bonchev–Trinajstić information content (AvgIpc) is 2.56. The average molecular weight is 188 g/mol. The highest BCUT2D eigenvalue weighted by Crippen LogP contribution is 2.23. The molecule has 1 heterocycles. The van der Waals surface area contributed by atoms with Gasteiger partial charge in [-0.1, -0.05) is 12.1 Å². The predicted molar refractivity (Wildman–Crippen MR) is 57.6 cm³/mol. The fourth-order valence-corrected chi connectivity index (χ4v) is 1.25. The Morgan fingerprint density at radius 3 is 2.57 bits per heavy atom. The van der Waals surface area contributed by atoms with Gasteiger partial charge in [0.2, 0.25) is 0 Å². The monoisotopic (exact) mass is 188 g/mol. The highest BCUT2D eigenvalue weighted by molar-refractivity contribution is 5.70. The Labute approximate surface area is 82.5 Å². The first-order chi connectivity index (χ1) is 6.75. The molecule has 0 spiro atoms. The van der Waals surface area contributed by atoms with Gasteiger partial charge in [-0.25, -0.2) is 0 Å². The van der Waals surface area contributed by atoms with E-state index in [0.29, 0.717) is 11.6 Å². The molecule has 0 saturated heterocycles. The van der Waals surface area contributed by atoms with Crippen LogP contribution < -0.4 is 11.1 Å². The lowest BCUT2D eigenvalue weighted by Gasteiger charge is -2.05. The van der Waals surface area contributed by atoms with E-state index < -0.39 is 0 Å². The van der Waals surface area contributed by atoms with Gasteiger partial charge in [-0.2, -0.15) is 0 Å². The number of anilines is 3. The van der Waals surface area contributed by atoms with Gasteiger partial charge in [-0.3, -0.25) is 0 Å². The Morgan fingerprint density at radius 2 is 1.93 bits per heavy atom. The Bertz CT molecular complexity index is 434. The molecule has 1 aromatic heterocycles. The van der Waals surface area contributed by atoms with Gasteiger partial charge >= 0.3 is 0 Å². The van der Waals surface area contributed by atoms with Crippen molar-refractivity contribution in [3.63, 3.8) is 0 Å². The number of hydrogen-bond acceptors (Lipinski definition) is 3. The van der Waals surface area contributed by atoms with Gasteiger partial charge in [0.05, 0.1) is 11.4 Å². The van der Waals surface area contributed by atoms with Crippen molar-refractivity contribution in [2.24, 2.45) is 0 Å². The van der Waals surface area contributed by atoms with Crippen molar-refractivity contribution in [2.45, 2.75) is 6.92 Å². The van der Waals surface area contributed by atoms with Crippen LogP contribution in [0.4, 0.5) is 17.3 Å². The zero-order valence-electron chi connectivity index (χ0n) is 7.95. The van der Waals surface area contributed by atoms with E-state index in [1.165, 1.54) is 0 Å². The summed E-state index contributed by atoms with van der Waals surface area (Å²) in [4.78, 5) is 0. The van der Waals surface area contributed by atoms with E-state index in [9.17, 15) is 0 Å². The van der Waals surface area contributed by atoms with Crippen LogP contribution in [0.5, 0.6) is 0 Å². The highest BCUT2D eigenvalue weighted by atomic mass is 16.4. The zero-order valence-corrected chi connectivity index (χ0v) is 7.95. The molecule has 2 rings (SSSR count). The van der Waals surface area contributed by atoms with Crippen LogP contribution in [-0.2, 0) is 0 Å². The number of benzene rings is 1. The summed E-state index contributed by atoms with van der Waals surface area (Å²) < 4.78 is 5.38. The van der Waals surface area contributed by atoms with Crippen molar-refractivity contribution >= 4 is 17.3 Å². The van der Waals surface area contributed by atoms with E-state index in [-0.39, 0.29) is 0 Å². The first kappa shape index (κ1) is 8.69. The third-order valence-corrected chi connectivity index (χ3v) is 1.96. The smallest absolute Gasteiger partial charge is 0.197 e. The van der Waals surface area contributed by atoms with Crippen LogP contribution in [0.2, 0.25) is 0 Å². The second-order valence-electron chi connectivity index (χ2n) is 3.12. The number of para-hydroxylation sites is 2. The molecule has 0 fully saturated rings. The van der Waals surface area contributed by atoms with Gasteiger partial charge in [0.1, 0.15) is 5.76 Å². The molecule has 1 aromatic carbocycles. The number of nitrogens with two attached hydrogens (primary N) is 1. The first-order valence-electron chi connectivity index (χ1n) is 4.43. The number of aryl methyl sites for hydroxylation is 1. The second-order valence-corrected chi connectivity index (χ2v) is 3.12. The molecule has 0 radical (unpaired) electrons.